The molecule has 3 heterocycles. The van der Waals surface area contributed by atoms with Gasteiger partial charge >= 0.3 is 5.97 Å². The molecule has 3 aliphatic rings. The molecule has 1 aromatic carbocycles. The number of ether oxygens (including phenoxy) is 1. The Kier molecular flexibility index (Phi) is 6.54. The summed E-state index contributed by atoms with van der Waals surface area (Å²) in [5.41, 5.74) is 0.973. The summed E-state index contributed by atoms with van der Waals surface area (Å²) in [6, 6.07) is 8.44. The molecular weight excluding hydrogens is 428 g/mol. The largest absolute Gasteiger partial charge is 0.466 e. The Bertz CT molecular complexity index is 876. The first kappa shape index (κ1) is 23.1. The molecule has 2 N–H and O–H groups in total. The van der Waals surface area contributed by atoms with Gasteiger partial charge in [0.25, 0.3) is 0 Å². The van der Waals surface area contributed by atoms with Crippen molar-refractivity contribution in [3.05, 3.63) is 35.9 Å². The van der Waals surface area contributed by atoms with Gasteiger partial charge in [-0.05, 0) is 31.2 Å². The van der Waals surface area contributed by atoms with E-state index in [-0.39, 0.29) is 42.2 Å². The molecule has 7 atom stereocenters. The van der Waals surface area contributed by atoms with Gasteiger partial charge in [-0.1, -0.05) is 44.2 Å². The zero-order valence-corrected chi connectivity index (χ0v) is 19.6. The van der Waals surface area contributed by atoms with Crippen molar-refractivity contribution < 1.29 is 24.2 Å². The summed E-state index contributed by atoms with van der Waals surface area (Å²) < 4.78 is 4.65. The second-order valence-corrected chi connectivity index (χ2v) is 10.5. The minimum absolute atomic E-state index is 0.0289. The van der Waals surface area contributed by atoms with Gasteiger partial charge in [0.15, 0.2) is 0 Å². The number of rotatable bonds is 8. The minimum atomic E-state index is -0.731. The third kappa shape index (κ3) is 3.43. The molecule has 4 rings (SSSR count). The van der Waals surface area contributed by atoms with Gasteiger partial charge in [0.1, 0.15) is 6.04 Å². The number of aliphatic hydroxyl groups excluding tert-OH is 1. The van der Waals surface area contributed by atoms with Crippen LogP contribution in [0.3, 0.4) is 0 Å². The molecule has 8 heteroatoms. The predicted molar refractivity (Wildman–Crippen MR) is 122 cm³/mol. The van der Waals surface area contributed by atoms with Crippen LogP contribution in [0.15, 0.2) is 30.3 Å². The molecule has 3 saturated heterocycles. The van der Waals surface area contributed by atoms with E-state index in [4.69, 9.17) is 4.74 Å². The molecule has 2 bridgehead atoms. The molecule has 32 heavy (non-hydrogen) atoms. The fourth-order valence-corrected chi connectivity index (χ4v) is 8.35. The molecule has 1 aromatic rings. The molecular formula is C24H32N2O5S. The van der Waals surface area contributed by atoms with Gasteiger partial charge in [0.05, 0.1) is 35.8 Å². The van der Waals surface area contributed by atoms with Gasteiger partial charge in [0.2, 0.25) is 11.8 Å². The summed E-state index contributed by atoms with van der Waals surface area (Å²) in [7, 11) is 0. The number of thioether (sulfide) groups is 1. The number of nitrogens with zero attached hydrogens (tertiary/aromatic N) is 1. The lowest BCUT2D eigenvalue weighted by atomic mass is 9.66. The average molecular weight is 461 g/mol. The first-order valence-electron chi connectivity index (χ1n) is 11.5. The molecule has 0 aliphatic carbocycles. The maximum Gasteiger partial charge on any atom is 0.310 e. The second-order valence-electron chi connectivity index (χ2n) is 9.00. The third-order valence-electron chi connectivity index (χ3n) is 7.38. The van der Waals surface area contributed by atoms with Crippen LogP contribution in [0.25, 0.3) is 0 Å². The van der Waals surface area contributed by atoms with Crippen molar-refractivity contribution >= 4 is 29.5 Å². The number of hydrogen-bond acceptors (Lipinski definition) is 6. The topological polar surface area (TPSA) is 95.9 Å². The van der Waals surface area contributed by atoms with Gasteiger partial charge in [-0.3, -0.25) is 14.4 Å². The Morgan fingerprint density at radius 3 is 2.66 bits per heavy atom. The van der Waals surface area contributed by atoms with E-state index in [1.54, 1.807) is 23.6 Å². The Hall–Kier alpha value is -2.06. The number of benzene rings is 1. The Morgan fingerprint density at radius 1 is 1.31 bits per heavy atom. The highest BCUT2D eigenvalue weighted by molar-refractivity contribution is 8.02. The van der Waals surface area contributed by atoms with Crippen LogP contribution in [0.1, 0.15) is 39.2 Å². The van der Waals surface area contributed by atoms with Gasteiger partial charge in [-0.25, -0.2) is 0 Å². The SMILES string of the molecule is CCOC(=O)[C@@H]1[C@@H]2CC(C)C3(S2)C(C(=O)NCc2ccccc2)N([C@@H](CC)CO)C(=O)[C@H]13. The number of aliphatic hydroxyl groups is 1. The second kappa shape index (κ2) is 9.06. The summed E-state index contributed by atoms with van der Waals surface area (Å²) in [6.07, 6.45) is 1.30. The lowest BCUT2D eigenvalue weighted by Crippen LogP contribution is -2.58. The van der Waals surface area contributed by atoms with Crippen molar-refractivity contribution in [3.63, 3.8) is 0 Å². The highest BCUT2D eigenvalue weighted by atomic mass is 32.2. The van der Waals surface area contributed by atoms with Crippen LogP contribution in [-0.2, 0) is 25.7 Å². The summed E-state index contributed by atoms with van der Waals surface area (Å²) in [5, 5.41) is 13.0. The predicted octanol–water partition coefficient (Wildman–Crippen LogP) is 1.97. The van der Waals surface area contributed by atoms with Gasteiger partial charge in [-0.2, -0.15) is 0 Å². The van der Waals surface area contributed by atoms with Crippen molar-refractivity contribution in [3.8, 4) is 0 Å². The van der Waals surface area contributed by atoms with Crippen molar-refractivity contribution in [1.29, 1.82) is 0 Å². The van der Waals surface area contributed by atoms with E-state index in [9.17, 15) is 19.5 Å². The van der Waals surface area contributed by atoms with Gasteiger partial charge in [0, 0.05) is 11.8 Å². The monoisotopic (exact) mass is 460 g/mol. The van der Waals surface area contributed by atoms with Crippen LogP contribution < -0.4 is 5.32 Å². The number of esters is 1. The van der Waals surface area contributed by atoms with Gasteiger partial charge < -0.3 is 20.1 Å². The van der Waals surface area contributed by atoms with Crippen molar-refractivity contribution in [2.45, 2.75) is 62.2 Å². The zero-order chi connectivity index (χ0) is 23.0. The molecule has 0 saturated carbocycles. The highest BCUT2D eigenvalue weighted by Crippen LogP contribution is 2.68. The molecule has 1 spiro atoms. The normalized spacial score (nSPS) is 33.8. The smallest absolute Gasteiger partial charge is 0.310 e. The first-order chi connectivity index (χ1) is 15.4. The van der Waals surface area contributed by atoms with E-state index in [1.807, 2.05) is 37.3 Å². The van der Waals surface area contributed by atoms with Crippen LogP contribution in [0.2, 0.25) is 0 Å². The van der Waals surface area contributed by atoms with E-state index in [2.05, 4.69) is 12.2 Å². The fourth-order valence-electron chi connectivity index (χ4n) is 5.95. The van der Waals surface area contributed by atoms with Crippen LogP contribution in [0.5, 0.6) is 0 Å². The number of fused-ring (bicyclic) bond motifs is 1. The van der Waals surface area contributed by atoms with E-state index < -0.39 is 28.7 Å². The van der Waals surface area contributed by atoms with Crippen molar-refractivity contribution in [2.75, 3.05) is 13.2 Å². The third-order valence-corrected chi connectivity index (χ3v) is 9.45. The number of carbonyl (C=O) groups is 3. The Morgan fingerprint density at radius 2 is 2.03 bits per heavy atom. The van der Waals surface area contributed by atoms with Crippen LogP contribution in [0, 0.1) is 17.8 Å². The molecule has 174 valence electrons. The number of likely N-dealkylation sites (tertiary alicyclic amines) is 1. The lowest BCUT2D eigenvalue weighted by molar-refractivity contribution is -0.154. The first-order valence-corrected chi connectivity index (χ1v) is 12.4. The average Bonchev–Trinajstić information content (AvgIpc) is 3.38. The van der Waals surface area contributed by atoms with Crippen LogP contribution in [0.4, 0.5) is 0 Å². The van der Waals surface area contributed by atoms with Crippen molar-refractivity contribution in [1.82, 2.24) is 10.2 Å². The quantitative estimate of drug-likeness (QED) is 0.576. The number of amides is 2. The highest BCUT2D eigenvalue weighted by Gasteiger charge is 2.76. The molecule has 7 nitrogen and oxygen atoms in total. The molecule has 3 unspecified atom stereocenters. The molecule has 3 fully saturated rings. The van der Waals surface area contributed by atoms with Crippen LogP contribution in [-0.4, -0.2) is 63.1 Å². The molecule has 3 aliphatic heterocycles. The molecule has 2 amide bonds. The number of nitrogens with one attached hydrogen (secondary N) is 1. The minimum Gasteiger partial charge on any atom is -0.466 e. The van der Waals surface area contributed by atoms with E-state index in [0.29, 0.717) is 13.0 Å². The maximum atomic E-state index is 13.8. The Balaban J connectivity index is 1.71. The summed E-state index contributed by atoms with van der Waals surface area (Å²) in [5.74, 6) is -1.83. The van der Waals surface area contributed by atoms with E-state index >= 15 is 0 Å². The summed E-state index contributed by atoms with van der Waals surface area (Å²) in [4.78, 5) is 41.9. The number of hydrogen-bond donors (Lipinski definition) is 2. The molecule has 0 aromatic heterocycles. The summed E-state index contributed by atoms with van der Waals surface area (Å²) in [6.45, 7) is 6.14. The van der Waals surface area contributed by atoms with Gasteiger partial charge in [-0.15, -0.1) is 11.8 Å². The zero-order valence-electron chi connectivity index (χ0n) is 18.8. The number of carbonyl (C=O) groups excluding carboxylic acids is 3. The van der Waals surface area contributed by atoms with E-state index in [0.717, 1.165) is 12.0 Å². The van der Waals surface area contributed by atoms with E-state index in [1.165, 1.54) is 0 Å². The maximum absolute atomic E-state index is 13.8. The van der Waals surface area contributed by atoms with Crippen LogP contribution >= 0.6 is 11.8 Å². The Labute approximate surface area is 193 Å². The molecule has 0 radical (unpaired) electrons. The fraction of sp³-hybridized carbons (Fsp3) is 0.625. The lowest BCUT2D eigenvalue weighted by Gasteiger charge is -2.39. The standard InChI is InChI=1S/C24H32N2O5S/c1-4-16(13-27)26-20(21(28)25-12-15-9-7-6-8-10-15)24-14(3)11-17(32-24)18(19(24)22(26)29)23(30)31-5-2/h6-10,14,16-20,27H,4-5,11-13H2,1-3H3,(H,25,28)/t14?,16-,17-,18+,19-,20?,24?/m0/s1. The van der Waals surface area contributed by atoms with Crippen molar-refractivity contribution in [2.24, 2.45) is 17.8 Å². The summed E-state index contributed by atoms with van der Waals surface area (Å²) >= 11 is 1.62.